The van der Waals surface area contributed by atoms with Crippen molar-refractivity contribution < 1.29 is 19.0 Å². The van der Waals surface area contributed by atoms with Gasteiger partial charge in [-0.3, -0.25) is 0 Å². The quantitative estimate of drug-likeness (QED) is 0.858. The smallest absolute Gasteiger partial charge is 0.335 e. The van der Waals surface area contributed by atoms with E-state index in [4.69, 9.17) is 9.84 Å². The van der Waals surface area contributed by atoms with Crippen LogP contribution in [0.15, 0.2) is 12.1 Å². The van der Waals surface area contributed by atoms with Gasteiger partial charge in [-0.15, -0.1) is 0 Å². The lowest BCUT2D eigenvalue weighted by atomic mass is 10.1. The zero-order valence-corrected chi connectivity index (χ0v) is 9.58. The highest BCUT2D eigenvalue weighted by atomic mass is 19.1. The van der Waals surface area contributed by atoms with E-state index in [9.17, 15) is 9.18 Å². The highest BCUT2D eigenvalue weighted by Gasteiger charge is 2.12. The van der Waals surface area contributed by atoms with E-state index < -0.39 is 11.8 Å². The van der Waals surface area contributed by atoms with Crippen molar-refractivity contribution >= 4 is 5.97 Å². The lowest BCUT2D eigenvalue weighted by Gasteiger charge is -2.12. The Morgan fingerprint density at radius 3 is 2.62 bits per heavy atom. The number of carboxylic acids is 1. The number of halogens is 1. The number of carbonyl (C=O) groups is 1. The summed E-state index contributed by atoms with van der Waals surface area (Å²) in [6.07, 6.45) is 0. The lowest BCUT2D eigenvalue weighted by molar-refractivity contribution is 0.0695. The zero-order valence-electron chi connectivity index (χ0n) is 9.58. The van der Waals surface area contributed by atoms with Crippen LogP contribution in [0.2, 0.25) is 0 Å². The monoisotopic (exact) mass is 226 g/mol. The SMILES string of the molecule is Cc1c(F)cc(C(=O)O)cc1OCC(C)C. The summed E-state index contributed by atoms with van der Waals surface area (Å²) in [6, 6.07) is 2.35. The fraction of sp³-hybridized carbons (Fsp3) is 0.417. The highest BCUT2D eigenvalue weighted by Crippen LogP contribution is 2.23. The second kappa shape index (κ2) is 4.96. The van der Waals surface area contributed by atoms with Crippen LogP contribution in [-0.4, -0.2) is 17.7 Å². The van der Waals surface area contributed by atoms with Gasteiger partial charge in [0.05, 0.1) is 12.2 Å². The van der Waals surface area contributed by atoms with E-state index in [0.29, 0.717) is 23.8 Å². The van der Waals surface area contributed by atoms with Crippen molar-refractivity contribution in [3.8, 4) is 5.75 Å². The average molecular weight is 226 g/mol. The van der Waals surface area contributed by atoms with Crippen LogP contribution in [0.1, 0.15) is 29.8 Å². The first kappa shape index (κ1) is 12.5. The third kappa shape index (κ3) is 2.95. The molecule has 4 heteroatoms. The number of benzene rings is 1. The maximum atomic E-state index is 13.4. The molecule has 0 saturated heterocycles. The normalized spacial score (nSPS) is 10.6. The number of hydrogen-bond donors (Lipinski definition) is 1. The van der Waals surface area contributed by atoms with Crippen LogP contribution >= 0.6 is 0 Å². The first-order valence-electron chi connectivity index (χ1n) is 5.08. The molecule has 1 aromatic carbocycles. The van der Waals surface area contributed by atoms with Gasteiger partial charge in [0.15, 0.2) is 0 Å². The van der Waals surface area contributed by atoms with Crippen LogP contribution in [0.25, 0.3) is 0 Å². The van der Waals surface area contributed by atoms with Gasteiger partial charge in [-0.05, 0) is 25.0 Å². The van der Waals surface area contributed by atoms with Gasteiger partial charge in [0.2, 0.25) is 0 Å². The van der Waals surface area contributed by atoms with Crippen molar-refractivity contribution in [2.45, 2.75) is 20.8 Å². The van der Waals surface area contributed by atoms with Crippen LogP contribution in [0.4, 0.5) is 4.39 Å². The summed E-state index contributed by atoms with van der Waals surface area (Å²) in [6.45, 7) is 5.93. The van der Waals surface area contributed by atoms with Gasteiger partial charge in [-0.2, -0.15) is 0 Å². The second-order valence-electron chi connectivity index (χ2n) is 4.09. The van der Waals surface area contributed by atoms with Crippen molar-refractivity contribution in [1.82, 2.24) is 0 Å². The summed E-state index contributed by atoms with van der Waals surface area (Å²) in [5, 5.41) is 8.78. The number of carboxylic acid groups (broad SMARTS) is 1. The third-order valence-corrected chi connectivity index (χ3v) is 2.12. The Kier molecular flexibility index (Phi) is 3.88. The molecule has 0 fully saturated rings. The highest BCUT2D eigenvalue weighted by molar-refractivity contribution is 5.88. The molecule has 0 saturated carbocycles. The minimum atomic E-state index is -1.16. The molecular formula is C12H15FO3. The summed E-state index contributed by atoms with van der Waals surface area (Å²) in [5.41, 5.74) is 0.243. The Bertz CT molecular complexity index is 399. The van der Waals surface area contributed by atoms with E-state index in [1.165, 1.54) is 6.07 Å². The van der Waals surface area contributed by atoms with Gasteiger partial charge in [-0.1, -0.05) is 13.8 Å². The van der Waals surface area contributed by atoms with E-state index in [1.54, 1.807) is 6.92 Å². The first-order valence-corrected chi connectivity index (χ1v) is 5.08. The van der Waals surface area contributed by atoms with E-state index in [-0.39, 0.29) is 5.56 Å². The molecule has 0 heterocycles. The maximum Gasteiger partial charge on any atom is 0.335 e. The molecule has 3 nitrogen and oxygen atoms in total. The van der Waals surface area contributed by atoms with Crippen molar-refractivity contribution in [2.75, 3.05) is 6.61 Å². The molecule has 0 amide bonds. The Morgan fingerprint density at radius 2 is 2.12 bits per heavy atom. The predicted molar refractivity (Wildman–Crippen MR) is 58.4 cm³/mol. The molecule has 0 aliphatic carbocycles. The van der Waals surface area contributed by atoms with Crippen LogP contribution in [0, 0.1) is 18.7 Å². The molecule has 1 rings (SSSR count). The second-order valence-corrected chi connectivity index (χ2v) is 4.09. The lowest BCUT2D eigenvalue weighted by Crippen LogP contribution is -2.07. The molecule has 16 heavy (non-hydrogen) atoms. The summed E-state index contributed by atoms with van der Waals surface area (Å²) in [5.74, 6) is -1.12. The standard InChI is InChI=1S/C12H15FO3/c1-7(2)6-16-11-5-9(12(14)15)4-10(13)8(11)3/h4-5,7H,6H2,1-3H3,(H,14,15). The van der Waals surface area contributed by atoms with Gasteiger partial charge >= 0.3 is 5.97 Å². The molecule has 0 bridgehead atoms. The maximum absolute atomic E-state index is 13.4. The Labute approximate surface area is 93.9 Å². The van der Waals surface area contributed by atoms with E-state index in [2.05, 4.69) is 0 Å². The molecule has 88 valence electrons. The van der Waals surface area contributed by atoms with Crippen molar-refractivity contribution in [3.05, 3.63) is 29.1 Å². The summed E-state index contributed by atoms with van der Waals surface area (Å²) in [4.78, 5) is 10.7. The average Bonchev–Trinajstić information content (AvgIpc) is 2.19. The van der Waals surface area contributed by atoms with E-state index in [1.807, 2.05) is 13.8 Å². The minimum absolute atomic E-state index is 0.0955. The van der Waals surface area contributed by atoms with Crippen LogP contribution in [0.3, 0.4) is 0 Å². The molecule has 0 atom stereocenters. The number of rotatable bonds is 4. The predicted octanol–water partition coefficient (Wildman–Crippen LogP) is 2.87. The van der Waals surface area contributed by atoms with Gasteiger partial charge in [0, 0.05) is 5.56 Å². The summed E-state index contributed by atoms with van der Waals surface area (Å²) in [7, 11) is 0. The van der Waals surface area contributed by atoms with Crippen LogP contribution in [-0.2, 0) is 0 Å². The minimum Gasteiger partial charge on any atom is -0.493 e. The molecule has 1 N–H and O–H groups in total. The number of hydrogen-bond acceptors (Lipinski definition) is 2. The number of ether oxygens (including phenoxy) is 1. The Hall–Kier alpha value is -1.58. The summed E-state index contributed by atoms with van der Waals surface area (Å²) < 4.78 is 18.7. The molecule has 0 spiro atoms. The fourth-order valence-electron chi connectivity index (χ4n) is 1.18. The number of aromatic carboxylic acids is 1. The third-order valence-electron chi connectivity index (χ3n) is 2.12. The Balaban J connectivity index is 3.02. The molecule has 0 aliphatic heterocycles. The molecule has 0 radical (unpaired) electrons. The molecule has 0 unspecified atom stereocenters. The topological polar surface area (TPSA) is 46.5 Å². The van der Waals surface area contributed by atoms with Gasteiger partial charge < -0.3 is 9.84 Å². The van der Waals surface area contributed by atoms with E-state index in [0.717, 1.165) is 6.07 Å². The molecule has 1 aromatic rings. The fourth-order valence-corrected chi connectivity index (χ4v) is 1.18. The van der Waals surface area contributed by atoms with Gasteiger partial charge in [0.25, 0.3) is 0 Å². The molecule has 0 aliphatic rings. The van der Waals surface area contributed by atoms with Crippen molar-refractivity contribution in [1.29, 1.82) is 0 Å². The summed E-state index contributed by atoms with van der Waals surface area (Å²) >= 11 is 0. The van der Waals surface area contributed by atoms with Crippen LogP contribution in [0.5, 0.6) is 5.75 Å². The molecular weight excluding hydrogens is 211 g/mol. The first-order chi connectivity index (χ1) is 7.41. The molecule has 0 aromatic heterocycles. The zero-order chi connectivity index (χ0) is 12.3. The van der Waals surface area contributed by atoms with Crippen LogP contribution < -0.4 is 4.74 Å². The van der Waals surface area contributed by atoms with Gasteiger partial charge in [0.1, 0.15) is 11.6 Å². The Morgan fingerprint density at radius 1 is 1.50 bits per heavy atom. The van der Waals surface area contributed by atoms with E-state index >= 15 is 0 Å². The van der Waals surface area contributed by atoms with Crippen molar-refractivity contribution in [3.63, 3.8) is 0 Å². The van der Waals surface area contributed by atoms with Crippen molar-refractivity contribution in [2.24, 2.45) is 5.92 Å². The van der Waals surface area contributed by atoms with Gasteiger partial charge in [-0.25, -0.2) is 9.18 Å². The largest absolute Gasteiger partial charge is 0.493 e.